The van der Waals surface area contributed by atoms with Crippen LogP contribution >= 0.6 is 31.9 Å². The molecule has 0 heterocycles. The maximum atomic E-state index is 12.2. The molecule has 0 saturated carbocycles. The second-order valence-electron chi connectivity index (χ2n) is 3.80. The molecule has 0 aromatic heterocycles. The lowest BCUT2D eigenvalue weighted by atomic mass is 10.3. The quantitative estimate of drug-likeness (QED) is 0.766. The topological polar surface area (TPSA) is 72.2 Å². The summed E-state index contributed by atoms with van der Waals surface area (Å²) < 4.78 is 28.3. The zero-order valence-corrected chi connectivity index (χ0v) is 13.6. The van der Waals surface area contributed by atoms with Gasteiger partial charge in [0.15, 0.2) is 0 Å². The third-order valence-corrected chi connectivity index (χ3v) is 4.93. The predicted octanol–water partition coefficient (Wildman–Crippen LogP) is 3.59. The Hall–Kier alpha value is -1.05. The van der Waals surface area contributed by atoms with E-state index in [0.29, 0.717) is 15.8 Å². The summed E-state index contributed by atoms with van der Waals surface area (Å²) in [5, 5.41) is 0. The zero-order chi connectivity index (χ0) is 14.0. The Kier molecular flexibility index (Phi) is 4.17. The monoisotopic (exact) mass is 404 g/mol. The van der Waals surface area contributed by atoms with Gasteiger partial charge >= 0.3 is 0 Å². The molecule has 3 N–H and O–H groups in total. The number of nitrogens with two attached hydrogens (primary N) is 1. The van der Waals surface area contributed by atoms with Gasteiger partial charge in [0.25, 0.3) is 10.0 Å². The number of anilines is 2. The van der Waals surface area contributed by atoms with Crippen LogP contribution in [-0.4, -0.2) is 8.42 Å². The van der Waals surface area contributed by atoms with Gasteiger partial charge in [-0.3, -0.25) is 4.72 Å². The highest BCUT2D eigenvalue weighted by Gasteiger charge is 2.15. The van der Waals surface area contributed by atoms with Gasteiger partial charge in [-0.25, -0.2) is 8.42 Å². The lowest BCUT2D eigenvalue weighted by molar-refractivity contribution is 0.601. The highest BCUT2D eigenvalue weighted by molar-refractivity contribution is 9.10. The zero-order valence-electron chi connectivity index (χ0n) is 9.60. The molecule has 0 aliphatic heterocycles. The average molecular weight is 406 g/mol. The summed E-state index contributed by atoms with van der Waals surface area (Å²) in [5.41, 5.74) is 6.60. The molecular weight excluding hydrogens is 396 g/mol. The van der Waals surface area contributed by atoms with E-state index < -0.39 is 10.0 Å². The summed E-state index contributed by atoms with van der Waals surface area (Å²) in [5.74, 6) is 0. The van der Waals surface area contributed by atoms with Crippen molar-refractivity contribution in [3.05, 3.63) is 51.4 Å². The van der Waals surface area contributed by atoms with Crippen LogP contribution in [0.25, 0.3) is 0 Å². The molecule has 0 radical (unpaired) electrons. The molecule has 4 nitrogen and oxygen atoms in total. The van der Waals surface area contributed by atoms with E-state index in [1.54, 1.807) is 30.3 Å². The first-order valence-corrected chi connectivity index (χ1v) is 8.29. The van der Waals surface area contributed by atoms with Crippen LogP contribution in [0.1, 0.15) is 0 Å². The average Bonchev–Trinajstić information content (AvgIpc) is 2.33. The van der Waals surface area contributed by atoms with Crippen molar-refractivity contribution in [3.63, 3.8) is 0 Å². The Morgan fingerprint density at radius 1 is 1.00 bits per heavy atom. The number of benzene rings is 2. The summed E-state index contributed by atoms with van der Waals surface area (Å²) in [7, 11) is -3.61. The minimum absolute atomic E-state index is 0.194. The Morgan fingerprint density at radius 2 is 1.63 bits per heavy atom. The smallest absolute Gasteiger partial charge is 0.261 e. The van der Waals surface area contributed by atoms with Crippen LogP contribution in [0.3, 0.4) is 0 Å². The highest BCUT2D eigenvalue weighted by Crippen LogP contribution is 2.27. The van der Waals surface area contributed by atoms with E-state index in [0.717, 1.165) is 4.47 Å². The molecule has 0 aliphatic carbocycles. The van der Waals surface area contributed by atoms with Crippen LogP contribution in [0.15, 0.2) is 56.3 Å². The van der Waals surface area contributed by atoms with Crippen molar-refractivity contribution in [2.24, 2.45) is 0 Å². The maximum absolute atomic E-state index is 12.2. The largest absolute Gasteiger partial charge is 0.399 e. The van der Waals surface area contributed by atoms with Crippen molar-refractivity contribution in [2.45, 2.75) is 4.90 Å². The van der Waals surface area contributed by atoms with Gasteiger partial charge in [0.05, 0.1) is 10.6 Å². The molecule has 0 fully saturated rings. The molecule has 0 saturated heterocycles. The third kappa shape index (κ3) is 3.49. The van der Waals surface area contributed by atoms with Gasteiger partial charge in [-0.1, -0.05) is 15.9 Å². The Labute approximate surface area is 128 Å². The van der Waals surface area contributed by atoms with Crippen LogP contribution in [0, 0.1) is 0 Å². The lowest BCUT2D eigenvalue weighted by Gasteiger charge is -2.10. The first-order chi connectivity index (χ1) is 8.88. The van der Waals surface area contributed by atoms with Crippen molar-refractivity contribution in [1.29, 1.82) is 0 Å². The molecule has 0 atom stereocenters. The summed E-state index contributed by atoms with van der Waals surface area (Å²) in [6.45, 7) is 0. The van der Waals surface area contributed by atoms with Crippen molar-refractivity contribution >= 4 is 53.3 Å². The molecule has 0 spiro atoms. The Morgan fingerprint density at radius 3 is 2.21 bits per heavy atom. The fourth-order valence-electron chi connectivity index (χ4n) is 1.43. The Bertz CT molecular complexity index is 700. The van der Waals surface area contributed by atoms with Crippen molar-refractivity contribution in [3.8, 4) is 0 Å². The van der Waals surface area contributed by atoms with Crippen molar-refractivity contribution < 1.29 is 8.42 Å². The minimum Gasteiger partial charge on any atom is -0.399 e. The van der Waals surface area contributed by atoms with E-state index in [2.05, 4.69) is 36.6 Å². The van der Waals surface area contributed by atoms with Gasteiger partial charge in [-0.05, 0) is 58.4 Å². The van der Waals surface area contributed by atoms with Crippen LogP contribution < -0.4 is 10.5 Å². The fourth-order valence-corrected chi connectivity index (χ4v) is 3.40. The molecule has 0 amide bonds. The van der Waals surface area contributed by atoms with Crippen molar-refractivity contribution in [2.75, 3.05) is 10.5 Å². The predicted molar refractivity (Wildman–Crippen MR) is 83.5 cm³/mol. The SMILES string of the molecule is Nc1ccc(NS(=O)(=O)c2ccc(Br)cc2)c(Br)c1. The van der Waals surface area contributed by atoms with Gasteiger partial charge in [-0.2, -0.15) is 0 Å². The van der Waals surface area contributed by atoms with Gasteiger partial charge in [0.1, 0.15) is 0 Å². The molecule has 100 valence electrons. The molecule has 7 heteroatoms. The van der Waals surface area contributed by atoms with Crippen molar-refractivity contribution in [1.82, 2.24) is 0 Å². The molecule has 2 rings (SSSR count). The number of sulfonamides is 1. The first kappa shape index (κ1) is 14.4. The fraction of sp³-hybridized carbons (Fsp3) is 0. The normalized spacial score (nSPS) is 11.3. The number of rotatable bonds is 3. The Balaban J connectivity index is 2.33. The molecule has 2 aromatic rings. The molecule has 2 aromatic carbocycles. The second-order valence-corrected chi connectivity index (χ2v) is 7.25. The van der Waals surface area contributed by atoms with Crippen LogP contribution in [0.4, 0.5) is 11.4 Å². The number of nitrogens with one attached hydrogen (secondary N) is 1. The molecular formula is C12H10Br2N2O2S. The highest BCUT2D eigenvalue weighted by atomic mass is 79.9. The summed E-state index contributed by atoms with van der Waals surface area (Å²) in [6, 6.07) is 11.3. The van der Waals surface area contributed by atoms with E-state index in [4.69, 9.17) is 5.73 Å². The van der Waals surface area contributed by atoms with Gasteiger partial charge in [-0.15, -0.1) is 0 Å². The van der Waals surface area contributed by atoms with E-state index >= 15 is 0 Å². The number of halogens is 2. The number of nitrogen functional groups attached to an aromatic ring is 1. The van der Waals surface area contributed by atoms with Crippen LogP contribution in [0.5, 0.6) is 0 Å². The maximum Gasteiger partial charge on any atom is 0.261 e. The molecule has 19 heavy (non-hydrogen) atoms. The number of hydrogen-bond acceptors (Lipinski definition) is 3. The van der Waals surface area contributed by atoms with E-state index in [-0.39, 0.29) is 4.90 Å². The number of hydrogen-bond donors (Lipinski definition) is 2. The van der Waals surface area contributed by atoms with E-state index in [9.17, 15) is 8.42 Å². The lowest BCUT2D eigenvalue weighted by Crippen LogP contribution is -2.13. The summed E-state index contributed by atoms with van der Waals surface area (Å²) in [4.78, 5) is 0.194. The van der Waals surface area contributed by atoms with Gasteiger partial charge in [0, 0.05) is 14.6 Å². The van der Waals surface area contributed by atoms with Gasteiger partial charge < -0.3 is 5.73 Å². The van der Waals surface area contributed by atoms with Gasteiger partial charge in [0.2, 0.25) is 0 Å². The minimum atomic E-state index is -3.61. The molecule has 0 bridgehead atoms. The molecule has 0 unspecified atom stereocenters. The first-order valence-electron chi connectivity index (χ1n) is 5.22. The summed E-state index contributed by atoms with van der Waals surface area (Å²) >= 11 is 6.53. The third-order valence-electron chi connectivity index (χ3n) is 2.36. The van der Waals surface area contributed by atoms with E-state index in [1.165, 1.54) is 12.1 Å². The van der Waals surface area contributed by atoms with E-state index in [1.807, 2.05) is 0 Å². The van der Waals surface area contributed by atoms with Crippen LogP contribution in [0.2, 0.25) is 0 Å². The molecule has 0 aliphatic rings. The summed E-state index contributed by atoms with van der Waals surface area (Å²) in [6.07, 6.45) is 0. The second kappa shape index (κ2) is 5.52. The van der Waals surface area contributed by atoms with Crippen LogP contribution in [-0.2, 0) is 10.0 Å². The standard InChI is InChI=1S/C12H10Br2N2O2S/c13-8-1-4-10(5-2-8)19(17,18)16-12-6-3-9(15)7-11(12)14/h1-7,16H,15H2.